The van der Waals surface area contributed by atoms with Crippen LogP contribution in [-0.2, 0) is 22.6 Å². The molecule has 0 saturated carbocycles. The van der Waals surface area contributed by atoms with Crippen molar-refractivity contribution in [1.82, 2.24) is 19.7 Å². The molecule has 1 atom stereocenters. The van der Waals surface area contributed by atoms with Crippen molar-refractivity contribution in [3.8, 4) is 11.1 Å². The van der Waals surface area contributed by atoms with E-state index in [2.05, 4.69) is 29.2 Å². The van der Waals surface area contributed by atoms with Gasteiger partial charge in [-0.1, -0.05) is 25.4 Å². The Kier molecular flexibility index (Phi) is 5.11. The number of hydrogen-bond acceptors (Lipinski definition) is 4. The molecule has 0 aromatic carbocycles. The van der Waals surface area contributed by atoms with Crippen LogP contribution in [0.1, 0.15) is 39.3 Å². The molecule has 8 heteroatoms. The summed E-state index contributed by atoms with van der Waals surface area (Å²) in [6.07, 6.45) is 5.57. The van der Waals surface area contributed by atoms with Crippen LogP contribution in [0.2, 0.25) is 5.02 Å². The highest BCUT2D eigenvalue weighted by Gasteiger charge is 2.32. The minimum absolute atomic E-state index is 0.0637. The van der Waals surface area contributed by atoms with E-state index in [1.165, 1.54) is 0 Å². The Morgan fingerprint density at radius 2 is 2.10 bits per heavy atom. The highest BCUT2D eigenvalue weighted by molar-refractivity contribution is 6.33. The Morgan fingerprint density at radius 1 is 1.31 bits per heavy atom. The van der Waals surface area contributed by atoms with Gasteiger partial charge in [0.05, 0.1) is 11.2 Å². The molecule has 1 fully saturated rings. The minimum atomic E-state index is -0.0949. The zero-order chi connectivity index (χ0) is 20.8. The summed E-state index contributed by atoms with van der Waals surface area (Å²) in [5.74, 6) is 0.635. The van der Waals surface area contributed by atoms with E-state index in [0.29, 0.717) is 23.8 Å². The minimum Gasteiger partial charge on any atom is -0.343 e. The topological polar surface area (TPSA) is 80.1 Å². The van der Waals surface area contributed by atoms with Crippen molar-refractivity contribution < 1.29 is 9.59 Å². The first-order chi connectivity index (χ1) is 13.7. The summed E-state index contributed by atoms with van der Waals surface area (Å²) in [6.45, 7) is 8.26. The van der Waals surface area contributed by atoms with Gasteiger partial charge in [0.1, 0.15) is 5.82 Å². The summed E-state index contributed by atoms with van der Waals surface area (Å²) in [4.78, 5) is 30.0. The highest BCUT2D eigenvalue weighted by atomic mass is 35.5. The lowest BCUT2D eigenvalue weighted by molar-refractivity contribution is -0.128. The molecular formula is C21H26ClN5O2. The van der Waals surface area contributed by atoms with Crippen molar-refractivity contribution in [2.75, 3.05) is 18.4 Å². The lowest BCUT2D eigenvalue weighted by Gasteiger charge is -2.15. The number of fused-ring (bicyclic) bond motifs is 1. The summed E-state index contributed by atoms with van der Waals surface area (Å²) >= 11 is 6.43. The van der Waals surface area contributed by atoms with E-state index in [1.807, 2.05) is 16.9 Å². The number of anilines is 1. The van der Waals surface area contributed by atoms with Crippen LogP contribution in [-0.4, -0.2) is 44.6 Å². The molecule has 0 aliphatic carbocycles. The van der Waals surface area contributed by atoms with Gasteiger partial charge in [0.15, 0.2) is 0 Å². The molecule has 1 saturated heterocycles. The van der Waals surface area contributed by atoms with Crippen molar-refractivity contribution in [3.63, 3.8) is 0 Å². The molecule has 0 radical (unpaired) electrons. The van der Waals surface area contributed by atoms with Crippen LogP contribution in [0.3, 0.4) is 0 Å². The molecule has 2 aromatic heterocycles. The Bertz CT molecular complexity index is 968. The predicted octanol–water partition coefficient (Wildman–Crippen LogP) is 3.38. The van der Waals surface area contributed by atoms with Crippen molar-refractivity contribution in [3.05, 3.63) is 29.2 Å². The number of carbonyl (C=O) groups is 2. The number of likely N-dealkylation sites (tertiary alicyclic amines) is 1. The van der Waals surface area contributed by atoms with Gasteiger partial charge in [-0.2, -0.15) is 5.10 Å². The normalized spacial score (nSPS) is 20.0. The van der Waals surface area contributed by atoms with E-state index < -0.39 is 0 Å². The fourth-order valence-electron chi connectivity index (χ4n) is 4.33. The number of carbonyl (C=O) groups excluding carboxylic acids is 2. The second-order valence-corrected chi connectivity index (χ2v) is 9.33. The van der Waals surface area contributed by atoms with Crippen molar-refractivity contribution in [2.24, 2.45) is 11.3 Å². The number of halogens is 1. The number of hydrogen-bond donors (Lipinski definition) is 1. The van der Waals surface area contributed by atoms with E-state index in [0.717, 1.165) is 42.8 Å². The molecule has 2 amide bonds. The maximum atomic E-state index is 12.5. The second kappa shape index (κ2) is 7.44. The molecule has 4 heterocycles. The van der Waals surface area contributed by atoms with Gasteiger partial charge < -0.3 is 10.2 Å². The lowest BCUT2D eigenvalue weighted by Crippen LogP contribution is -2.26. The first-order valence-corrected chi connectivity index (χ1v) is 10.4. The summed E-state index contributed by atoms with van der Waals surface area (Å²) < 4.78 is 2.03. The van der Waals surface area contributed by atoms with Gasteiger partial charge in [-0.15, -0.1) is 0 Å². The quantitative estimate of drug-likeness (QED) is 0.830. The summed E-state index contributed by atoms with van der Waals surface area (Å²) in [6, 6.07) is 1.82. The van der Waals surface area contributed by atoms with Gasteiger partial charge >= 0.3 is 0 Å². The van der Waals surface area contributed by atoms with Crippen molar-refractivity contribution in [1.29, 1.82) is 0 Å². The highest BCUT2D eigenvalue weighted by Crippen LogP contribution is 2.39. The molecule has 4 rings (SSSR count). The first-order valence-electron chi connectivity index (χ1n) is 9.98. The average Bonchev–Trinajstić information content (AvgIpc) is 3.31. The number of aromatic nitrogens is 3. The Labute approximate surface area is 175 Å². The van der Waals surface area contributed by atoms with Crippen LogP contribution in [0.5, 0.6) is 0 Å². The van der Waals surface area contributed by atoms with E-state index >= 15 is 0 Å². The molecule has 154 valence electrons. The molecule has 7 nitrogen and oxygen atoms in total. The SMILES string of the molecule is CC(=O)N1CC[C@H](CC(=O)Nc2cc(-c3cnn4c3CC(C)(C)C4)c(Cl)cn2)C1. The van der Waals surface area contributed by atoms with E-state index in [9.17, 15) is 9.59 Å². The van der Waals surface area contributed by atoms with E-state index in [4.69, 9.17) is 11.6 Å². The third-order valence-corrected chi connectivity index (χ3v) is 6.09. The van der Waals surface area contributed by atoms with E-state index in [-0.39, 0.29) is 23.1 Å². The van der Waals surface area contributed by atoms with E-state index in [1.54, 1.807) is 18.0 Å². The number of nitrogens with one attached hydrogen (secondary N) is 1. The number of nitrogens with zero attached hydrogens (tertiary/aromatic N) is 4. The van der Waals surface area contributed by atoms with Crippen LogP contribution in [0.4, 0.5) is 5.82 Å². The largest absolute Gasteiger partial charge is 0.343 e. The van der Waals surface area contributed by atoms with Crippen LogP contribution >= 0.6 is 11.6 Å². The maximum Gasteiger partial charge on any atom is 0.225 e. The molecule has 29 heavy (non-hydrogen) atoms. The Morgan fingerprint density at radius 3 is 2.83 bits per heavy atom. The molecule has 0 bridgehead atoms. The molecule has 1 N–H and O–H groups in total. The molecule has 0 spiro atoms. The van der Waals surface area contributed by atoms with Crippen LogP contribution in [0, 0.1) is 11.3 Å². The molecule has 2 aliphatic heterocycles. The fraction of sp³-hybridized carbons (Fsp3) is 0.524. The zero-order valence-corrected chi connectivity index (χ0v) is 17.8. The van der Waals surface area contributed by atoms with Gasteiger partial charge in [-0.05, 0) is 30.2 Å². The fourth-order valence-corrected chi connectivity index (χ4v) is 4.53. The lowest BCUT2D eigenvalue weighted by atomic mass is 9.89. The molecule has 0 unspecified atom stereocenters. The van der Waals surface area contributed by atoms with Gasteiger partial charge in [0, 0.05) is 56.0 Å². The number of pyridine rings is 1. The standard InChI is InChI=1S/C21H26ClN5O2/c1-13(28)26-5-4-14(11-26)6-20(29)25-19-7-15(17(22)10-23-19)16-9-24-27-12-21(2,3)8-18(16)27/h7,9-10,14H,4-6,8,11-12H2,1-3H3,(H,23,25,29)/t14-/m1/s1. The monoisotopic (exact) mass is 415 g/mol. The van der Waals surface area contributed by atoms with Crippen molar-refractivity contribution >= 4 is 29.2 Å². The Balaban J connectivity index is 1.47. The third kappa shape index (κ3) is 4.15. The smallest absolute Gasteiger partial charge is 0.225 e. The van der Waals surface area contributed by atoms with Gasteiger partial charge in [0.2, 0.25) is 11.8 Å². The van der Waals surface area contributed by atoms with Crippen molar-refractivity contribution in [2.45, 2.75) is 46.6 Å². The molecule has 2 aliphatic rings. The second-order valence-electron chi connectivity index (χ2n) is 8.93. The van der Waals surface area contributed by atoms with Gasteiger partial charge in [0.25, 0.3) is 0 Å². The maximum absolute atomic E-state index is 12.5. The van der Waals surface area contributed by atoms with Crippen LogP contribution in [0.15, 0.2) is 18.5 Å². The number of rotatable bonds is 4. The molecular weight excluding hydrogens is 390 g/mol. The van der Waals surface area contributed by atoms with Crippen LogP contribution < -0.4 is 5.32 Å². The average molecular weight is 416 g/mol. The van der Waals surface area contributed by atoms with Crippen LogP contribution in [0.25, 0.3) is 11.1 Å². The summed E-state index contributed by atoms with van der Waals surface area (Å²) in [5, 5.41) is 7.93. The van der Waals surface area contributed by atoms with Gasteiger partial charge in [-0.3, -0.25) is 14.3 Å². The summed E-state index contributed by atoms with van der Waals surface area (Å²) in [5.41, 5.74) is 3.16. The zero-order valence-electron chi connectivity index (χ0n) is 17.0. The number of amides is 2. The first kappa shape index (κ1) is 19.9. The third-order valence-electron chi connectivity index (χ3n) is 5.79. The summed E-state index contributed by atoms with van der Waals surface area (Å²) in [7, 11) is 0. The Hall–Kier alpha value is -2.41. The molecule has 2 aromatic rings. The van der Waals surface area contributed by atoms with Gasteiger partial charge in [-0.25, -0.2) is 4.98 Å². The predicted molar refractivity (Wildman–Crippen MR) is 112 cm³/mol.